The third-order valence-electron chi connectivity index (χ3n) is 1.86. The Hall–Kier alpha value is -0.610. The number of hydrogen-bond donors (Lipinski definition) is 1. The van der Waals surface area contributed by atoms with Crippen molar-refractivity contribution in [2.24, 2.45) is 0 Å². The Labute approximate surface area is 77.8 Å². The van der Waals surface area contributed by atoms with E-state index in [2.05, 4.69) is 0 Å². The predicted octanol–water partition coefficient (Wildman–Crippen LogP) is 0.827. The second-order valence-corrected chi connectivity index (χ2v) is 3.73. The molecule has 1 heterocycles. The van der Waals surface area contributed by atoms with Gasteiger partial charge < -0.3 is 14.6 Å². The molecule has 1 unspecified atom stereocenters. The number of cyclic esters (lactones) is 1. The van der Waals surface area contributed by atoms with Gasteiger partial charge in [-0.15, -0.1) is 0 Å². The van der Waals surface area contributed by atoms with Gasteiger partial charge in [-0.25, -0.2) is 0 Å². The molecular formula is C9H16O4. The lowest BCUT2D eigenvalue weighted by atomic mass is 10.2. The molecule has 13 heavy (non-hydrogen) atoms. The molecule has 4 heteroatoms. The summed E-state index contributed by atoms with van der Waals surface area (Å²) in [5.41, 5.74) is 0. The van der Waals surface area contributed by atoms with E-state index in [0.717, 1.165) is 6.42 Å². The Bertz CT molecular complexity index is 183. The minimum Gasteiger partial charge on any atom is -0.462 e. The largest absolute Gasteiger partial charge is 0.462 e. The van der Waals surface area contributed by atoms with Crippen LogP contribution in [-0.2, 0) is 14.3 Å². The van der Waals surface area contributed by atoms with Gasteiger partial charge in [0.15, 0.2) is 5.79 Å². The number of carbonyl (C=O) groups is 1. The van der Waals surface area contributed by atoms with Gasteiger partial charge in [0.1, 0.15) is 6.10 Å². The molecular weight excluding hydrogens is 172 g/mol. The number of hydrogen-bond acceptors (Lipinski definition) is 4. The molecule has 76 valence electrons. The van der Waals surface area contributed by atoms with Crippen molar-refractivity contribution in [1.29, 1.82) is 0 Å². The zero-order valence-electron chi connectivity index (χ0n) is 8.08. The summed E-state index contributed by atoms with van der Waals surface area (Å²) >= 11 is 0. The predicted molar refractivity (Wildman–Crippen MR) is 46.0 cm³/mol. The van der Waals surface area contributed by atoms with Gasteiger partial charge in [-0.3, -0.25) is 4.79 Å². The number of esters is 1. The van der Waals surface area contributed by atoms with Crippen LogP contribution in [0.2, 0.25) is 0 Å². The van der Waals surface area contributed by atoms with E-state index in [1.807, 2.05) is 0 Å². The Kier molecular flexibility index (Phi) is 3.27. The normalized spacial score (nSPS) is 23.3. The van der Waals surface area contributed by atoms with E-state index in [1.165, 1.54) is 0 Å². The Morgan fingerprint density at radius 2 is 2.38 bits per heavy atom. The second kappa shape index (κ2) is 4.07. The van der Waals surface area contributed by atoms with Crippen molar-refractivity contribution in [2.45, 2.75) is 45.0 Å². The zero-order valence-corrected chi connectivity index (χ0v) is 8.08. The molecule has 1 N–H and O–H groups in total. The van der Waals surface area contributed by atoms with Crippen molar-refractivity contribution >= 4 is 5.97 Å². The summed E-state index contributed by atoms with van der Waals surface area (Å²) in [5.74, 6) is -1.23. The molecule has 4 nitrogen and oxygen atoms in total. The summed E-state index contributed by atoms with van der Waals surface area (Å²) < 4.78 is 10.1. The van der Waals surface area contributed by atoms with Crippen LogP contribution in [-0.4, -0.2) is 29.6 Å². The maximum atomic E-state index is 10.7. The van der Waals surface area contributed by atoms with Crippen molar-refractivity contribution in [3.8, 4) is 0 Å². The smallest absolute Gasteiger partial charge is 0.306 e. The van der Waals surface area contributed by atoms with E-state index < -0.39 is 5.79 Å². The number of aliphatic hydroxyl groups is 1. The van der Waals surface area contributed by atoms with Gasteiger partial charge in [0.25, 0.3) is 0 Å². The van der Waals surface area contributed by atoms with E-state index >= 15 is 0 Å². The van der Waals surface area contributed by atoms with Crippen LogP contribution in [0, 0.1) is 0 Å². The van der Waals surface area contributed by atoms with Crippen LogP contribution in [0.3, 0.4) is 0 Å². The van der Waals surface area contributed by atoms with E-state index in [9.17, 15) is 9.90 Å². The monoisotopic (exact) mass is 188 g/mol. The molecule has 0 spiro atoms. The first-order chi connectivity index (χ1) is 5.97. The quantitative estimate of drug-likeness (QED) is 0.524. The molecule has 1 saturated heterocycles. The van der Waals surface area contributed by atoms with Crippen LogP contribution < -0.4 is 0 Å². The van der Waals surface area contributed by atoms with Gasteiger partial charge in [0, 0.05) is 12.8 Å². The van der Waals surface area contributed by atoms with Crippen molar-refractivity contribution in [2.75, 3.05) is 6.61 Å². The van der Waals surface area contributed by atoms with Crippen molar-refractivity contribution in [3.63, 3.8) is 0 Å². The molecule has 0 aliphatic carbocycles. The van der Waals surface area contributed by atoms with Gasteiger partial charge in [-0.2, -0.15) is 0 Å². The van der Waals surface area contributed by atoms with Crippen LogP contribution in [0.1, 0.15) is 33.1 Å². The van der Waals surface area contributed by atoms with E-state index in [1.54, 1.807) is 13.8 Å². The highest BCUT2D eigenvalue weighted by Gasteiger charge is 2.23. The molecule has 1 aliphatic rings. The summed E-state index contributed by atoms with van der Waals surface area (Å²) in [7, 11) is 0. The lowest BCUT2D eigenvalue weighted by molar-refractivity contribution is -0.179. The molecule has 0 radical (unpaired) electrons. The highest BCUT2D eigenvalue weighted by atomic mass is 16.6. The number of ether oxygens (including phenoxy) is 2. The van der Waals surface area contributed by atoms with Crippen LogP contribution in [0.5, 0.6) is 0 Å². The molecule has 0 aromatic rings. The van der Waals surface area contributed by atoms with Crippen molar-refractivity contribution < 1.29 is 19.4 Å². The maximum absolute atomic E-state index is 10.7. The molecule has 1 aliphatic heterocycles. The van der Waals surface area contributed by atoms with E-state index in [-0.39, 0.29) is 12.1 Å². The fraction of sp³-hybridized carbons (Fsp3) is 0.889. The van der Waals surface area contributed by atoms with E-state index in [4.69, 9.17) is 9.47 Å². The molecule has 0 amide bonds. The summed E-state index contributed by atoms with van der Waals surface area (Å²) in [5, 5.41) is 9.21. The molecule has 0 saturated carbocycles. The number of carbonyl (C=O) groups excluding carboxylic acids is 1. The summed E-state index contributed by atoms with van der Waals surface area (Å²) in [6.07, 6.45) is 1.92. The minimum absolute atomic E-state index is 0.0187. The highest BCUT2D eigenvalue weighted by Crippen LogP contribution is 2.17. The van der Waals surface area contributed by atoms with Crippen LogP contribution in [0.4, 0.5) is 0 Å². The third kappa shape index (κ3) is 4.24. The first kappa shape index (κ1) is 10.5. The topological polar surface area (TPSA) is 55.8 Å². The molecule has 0 aromatic heterocycles. The maximum Gasteiger partial charge on any atom is 0.306 e. The Morgan fingerprint density at radius 3 is 2.85 bits per heavy atom. The highest BCUT2D eigenvalue weighted by molar-refractivity contribution is 5.71. The van der Waals surface area contributed by atoms with Crippen molar-refractivity contribution in [1.82, 2.24) is 0 Å². The summed E-state index contributed by atoms with van der Waals surface area (Å²) in [6.45, 7) is 3.57. The Morgan fingerprint density at radius 1 is 1.69 bits per heavy atom. The van der Waals surface area contributed by atoms with Crippen LogP contribution in [0.25, 0.3) is 0 Å². The van der Waals surface area contributed by atoms with Gasteiger partial charge in [0.05, 0.1) is 6.61 Å². The molecule has 0 aromatic carbocycles. The number of rotatable bonds is 4. The first-order valence-corrected chi connectivity index (χ1v) is 4.53. The fourth-order valence-corrected chi connectivity index (χ4v) is 1.23. The van der Waals surface area contributed by atoms with Crippen molar-refractivity contribution in [3.05, 3.63) is 0 Å². The minimum atomic E-state index is -1.09. The van der Waals surface area contributed by atoms with Gasteiger partial charge in [-0.05, 0) is 20.3 Å². The SMILES string of the molecule is CC(C)(O)OCCC1CCC(=O)O1. The average Bonchev–Trinajstić information content (AvgIpc) is 2.33. The molecule has 0 bridgehead atoms. The van der Waals surface area contributed by atoms with Gasteiger partial charge in [-0.1, -0.05) is 0 Å². The van der Waals surface area contributed by atoms with Crippen LogP contribution in [0.15, 0.2) is 0 Å². The Balaban J connectivity index is 2.10. The average molecular weight is 188 g/mol. The van der Waals surface area contributed by atoms with Gasteiger partial charge in [0.2, 0.25) is 0 Å². The second-order valence-electron chi connectivity index (χ2n) is 3.73. The zero-order chi connectivity index (χ0) is 9.90. The first-order valence-electron chi connectivity index (χ1n) is 4.53. The summed E-state index contributed by atoms with van der Waals surface area (Å²) in [6, 6.07) is 0. The summed E-state index contributed by atoms with van der Waals surface area (Å²) in [4.78, 5) is 10.7. The standard InChI is InChI=1S/C9H16O4/c1-9(2,11)12-6-5-7-3-4-8(10)13-7/h7,11H,3-6H2,1-2H3. The van der Waals surface area contributed by atoms with Gasteiger partial charge >= 0.3 is 5.97 Å². The lowest BCUT2D eigenvalue weighted by Gasteiger charge is -2.19. The van der Waals surface area contributed by atoms with E-state index in [0.29, 0.717) is 19.4 Å². The molecule has 1 fully saturated rings. The van der Waals surface area contributed by atoms with Crippen LogP contribution >= 0.6 is 0 Å². The molecule has 1 rings (SSSR count). The molecule has 1 atom stereocenters. The fourth-order valence-electron chi connectivity index (χ4n) is 1.23. The lowest BCUT2D eigenvalue weighted by Crippen LogP contribution is -2.25. The third-order valence-corrected chi connectivity index (χ3v) is 1.86.